The fraction of sp³-hybridized carbons (Fsp3) is 0.0714. The van der Waals surface area contributed by atoms with E-state index in [2.05, 4.69) is 64.8 Å². The molecule has 9 aromatic rings. The summed E-state index contributed by atoms with van der Waals surface area (Å²) in [6.45, 7) is 0.942. The first kappa shape index (κ1) is 38.1. The van der Waals surface area contributed by atoms with Crippen molar-refractivity contribution in [2.24, 2.45) is 10.3 Å². The molecule has 0 spiro atoms. The van der Waals surface area contributed by atoms with Crippen molar-refractivity contribution in [1.29, 1.82) is 5.41 Å². The Morgan fingerprint density at radius 3 is 1.45 bits per heavy atom. The third-order valence-electron chi connectivity index (χ3n) is 8.71. The van der Waals surface area contributed by atoms with Gasteiger partial charge in [-0.1, -0.05) is 23.4 Å². The minimum atomic E-state index is 0.0967. The molecule has 0 radical (unpaired) electrons. The molecule has 0 bridgehead atoms. The SMILES string of the molecule is N=C(/N=N\Nc1ccc(OCc2cc(COc3ccc(-n4nnc(-c5cccs5)n4)cc3)cc(COc3ccc(-n4nnc(-c5cccs5)n4)cc3)c2)cc1)c1cccs1. The van der Waals surface area contributed by atoms with Gasteiger partial charge in [-0.15, -0.1) is 69.1 Å². The highest BCUT2D eigenvalue weighted by atomic mass is 32.1. The van der Waals surface area contributed by atoms with Crippen molar-refractivity contribution in [2.45, 2.75) is 19.8 Å². The Bertz CT molecular complexity index is 2670. The average Bonchev–Trinajstić information content (AvgIpc) is 4.15. The predicted molar refractivity (Wildman–Crippen MR) is 230 cm³/mol. The fourth-order valence-electron chi connectivity index (χ4n) is 5.82. The lowest BCUT2D eigenvalue weighted by Crippen LogP contribution is -2.04. The molecule has 296 valence electrons. The van der Waals surface area contributed by atoms with Crippen LogP contribution < -0.4 is 19.6 Å². The maximum absolute atomic E-state index is 8.03. The van der Waals surface area contributed by atoms with Crippen LogP contribution in [0.25, 0.3) is 32.8 Å². The van der Waals surface area contributed by atoms with Crippen LogP contribution in [0.1, 0.15) is 21.6 Å². The summed E-state index contributed by atoms with van der Waals surface area (Å²) in [5.41, 5.74) is 7.96. The Morgan fingerprint density at radius 1 is 0.567 bits per heavy atom. The van der Waals surface area contributed by atoms with Gasteiger partial charge in [0.05, 0.1) is 31.7 Å². The number of nitrogens with zero attached hydrogens (tertiary/aromatic N) is 10. The zero-order chi connectivity index (χ0) is 40.5. The van der Waals surface area contributed by atoms with Gasteiger partial charge in [0.25, 0.3) is 0 Å². The van der Waals surface area contributed by atoms with E-state index >= 15 is 0 Å². The highest BCUT2D eigenvalue weighted by Crippen LogP contribution is 2.25. The van der Waals surface area contributed by atoms with E-state index in [1.807, 2.05) is 125 Å². The molecule has 0 unspecified atom stereocenters. The van der Waals surface area contributed by atoms with Crippen molar-refractivity contribution < 1.29 is 14.2 Å². The van der Waals surface area contributed by atoms with Gasteiger partial charge in [-0.3, -0.25) is 10.8 Å². The monoisotopic (exact) mass is 848 g/mol. The van der Waals surface area contributed by atoms with E-state index in [0.29, 0.717) is 54.4 Å². The minimum absolute atomic E-state index is 0.0967. The van der Waals surface area contributed by atoms with E-state index in [4.69, 9.17) is 19.6 Å². The zero-order valence-corrected chi connectivity index (χ0v) is 33.8. The number of rotatable bonds is 16. The zero-order valence-electron chi connectivity index (χ0n) is 31.4. The van der Waals surface area contributed by atoms with Crippen LogP contribution >= 0.6 is 34.0 Å². The molecular weight excluding hydrogens is 817 g/mol. The molecule has 15 nitrogen and oxygen atoms in total. The van der Waals surface area contributed by atoms with Gasteiger partial charge in [0.1, 0.15) is 37.1 Å². The van der Waals surface area contributed by atoms with Gasteiger partial charge < -0.3 is 14.2 Å². The number of hydrogen-bond acceptors (Lipinski definition) is 14. The summed E-state index contributed by atoms with van der Waals surface area (Å²) in [7, 11) is 0. The second-order valence-electron chi connectivity index (χ2n) is 12.9. The molecule has 0 saturated carbocycles. The molecule has 0 fully saturated rings. The topological polar surface area (TPSA) is 175 Å². The van der Waals surface area contributed by atoms with E-state index in [1.165, 1.54) is 20.9 Å². The first-order chi connectivity index (χ1) is 29.6. The van der Waals surface area contributed by atoms with Gasteiger partial charge in [0, 0.05) is 0 Å². The summed E-state index contributed by atoms with van der Waals surface area (Å²) in [5.74, 6) is 3.32. The minimum Gasteiger partial charge on any atom is -0.489 e. The lowest BCUT2D eigenvalue weighted by molar-refractivity contribution is 0.293. The Balaban J connectivity index is 0.858. The molecule has 0 amide bonds. The van der Waals surface area contributed by atoms with Crippen molar-refractivity contribution in [2.75, 3.05) is 5.43 Å². The number of hydrogen-bond donors (Lipinski definition) is 2. The van der Waals surface area contributed by atoms with Gasteiger partial charge in [-0.25, -0.2) is 0 Å². The molecule has 60 heavy (non-hydrogen) atoms. The number of amidine groups is 1. The quantitative estimate of drug-likeness (QED) is 0.0412. The van der Waals surface area contributed by atoms with Gasteiger partial charge >= 0.3 is 0 Å². The predicted octanol–water partition coefficient (Wildman–Crippen LogP) is 9.70. The van der Waals surface area contributed by atoms with Gasteiger partial charge in [-0.05, 0) is 152 Å². The van der Waals surface area contributed by atoms with E-state index < -0.39 is 0 Å². The number of thiophene rings is 3. The smallest absolute Gasteiger partial charge is 0.215 e. The third-order valence-corrected chi connectivity index (χ3v) is 11.3. The van der Waals surface area contributed by atoms with E-state index in [-0.39, 0.29) is 5.84 Å². The van der Waals surface area contributed by atoms with Gasteiger partial charge in [0.15, 0.2) is 5.84 Å². The molecule has 5 heterocycles. The van der Waals surface area contributed by atoms with Crippen LogP contribution in [-0.2, 0) is 19.8 Å². The largest absolute Gasteiger partial charge is 0.489 e. The summed E-state index contributed by atoms with van der Waals surface area (Å²) in [6, 6.07) is 40.2. The number of aromatic nitrogens is 8. The molecule has 0 atom stereocenters. The number of anilines is 1. The Kier molecular flexibility index (Phi) is 11.5. The second-order valence-corrected chi connectivity index (χ2v) is 15.8. The van der Waals surface area contributed by atoms with E-state index in [0.717, 1.165) is 42.7 Å². The van der Waals surface area contributed by atoms with E-state index in [1.54, 1.807) is 22.7 Å². The van der Waals surface area contributed by atoms with Crippen molar-refractivity contribution >= 4 is 45.5 Å². The normalized spacial score (nSPS) is 11.2. The van der Waals surface area contributed by atoms with E-state index in [9.17, 15) is 0 Å². The van der Waals surface area contributed by atoms with Crippen LogP contribution in [0.4, 0.5) is 5.69 Å². The number of tetrazole rings is 2. The Hall–Kier alpha value is -7.41. The summed E-state index contributed by atoms with van der Waals surface area (Å²) in [6.07, 6.45) is 0. The summed E-state index contributed by atoms with van der Waals surface area (Å²) < 4.78 is 18.7. The van der Waals surface area contributed by atoms with Crippen LogP contribution in [0.15, 0.2) is 154 Å². The Labute approximate surface area is 354 Å². The fourth-order valence-corrected chi connectivity index (χ4v) is 7.73. The highest BCUT2D eigenvalue weighted by Gasteiger charge is 2.11. The van der Waals surface area contributed by atoms with Crippen LogP contribution in [0.2, 0.25) is 0 Å². The number of ether oxygens (including phenoxy) is 3. The molecule has 0 aliphatic rings. The molecule has 0 aliphatic heterocycles. The average molecular weight is 849 g/mol. The molecule has 2 N–H and O–H groups in total. The first-order valence-corrected chi connectivity index (χ1v) is 21.0. The second kappa shape index (κ2) is 18.0. The van der Waals surface area contributed by atoms with Crippen LogP contribution in [0, 0.1) is 5.41 Å². The van der Waals surface area contributed by atoms with Crippen molar-refractivity contribution in [3.8, 4) is 50.0 Å². The lowest BCUT2D eigenvalue weighted by Gasteiger charge is -2.14. The van der Waals surface area contributed by atoms with Crippen LogP contribution in [-0.4, -0.2) is 46.3 Å². The molecule has 5 aromatic heterocycles. The first-order valence-electron chi connectivity index (χ1n) is 18.4. The molecule has 4 aromatic carbocycles. The highest BCUT2D eigenvalue weighted by molar-refractivity contribution is 7.13. The Morgan fingerprint density at radius 2 is 1.02 bits per heavy atom. The lowest BCUT2D eigenvalue weighted by atomic mass is 10.1. The maximum atomic E-state index is 8.03. The van der Waals surface area contributed by atoms with Crippen molar-refractivity contribution in [3.63, 3.8) is 0 Å². The summed E-state index contributed by atoms with van der Waals surface area (Å²) in [4.78, 5) is 5.67. The number of benzene rings is 4. The third kappa shape index (κ3) is 9.47. The molecular formula is C42H32N12O3S3. The summed E-state index contributed by atoms with van der Waals surface area (Å²) in [5, 5.41) is 47.6. The standard InChI is InChI=1S/C42H32N12O3S3/c43-40(37-4-1-19-58-37)45-50-44-31-7-13-34(14-8-31)55-25-28-22-29(26-56-35-15-9-32(10-16-35)53-48-41(46-51-53)38-5-2-20-59-38)24-30(23-28)27-57-36-17-11-33(12-18-36)54-49-42(47-52-54)39-6-3-21-60-39/h1-24H,25-27H2,(H2,43,44,45). The summed E-state index contributed by atoms with van der Waals surface area (Å²) >= 11 is 4.57. The van der Waals surface area contributed by atoms with Crippen molar-refractivity contribution in [1.82, 2.24) is 40.4 Å². The molecule has 0 aliphatic carbocycles. The molecule has 0 saturated heterocycles. The van der Waals surface area contributed by atoms with Crippen LogP contribution in [0.3, 0.4) is 0 Å². The number of nitrogens with one attached hydrogen (secondary N) is 2. The maximum Gasteiger partial charge on any atom is 0.215 e. The van der Waals surface area contributed by atoms with Gasteiger partial charge in [-0.2, -0.15) is 0 Å². The van der Waals surface area contributed by atoms with Crippen molar-refractivity contribution in [3.05, 3.63) is 165 Å². The van der Waals surface area contributed by atoms with Crippen LogP contribution in [0.5, 0.6) is 17.2 Å². The van der Waals surface area contributed by atoms with Gasteiger partial charge in [0.2, 0.25) is 11.6 Å². The molecule has 18 heteroatoms. The molecule has 9 rings (SSSR count).